The summed E-state index contributed by atoms with van der Waals surface area (Å²) in [7, 11) is 1.63. The number of alkyl halides is 2. The number of likely N-dealkylation sites (tertiary alicyclic amines) is 2. The molecule has 3 fully saturated rings. The Morgan fingerprint density at radius 2 is 1.82 bits per heavy atom. The number of halogens is 2. The van der Waals surface area contributed by atoms with Crippen LogP contribution < -0.4 is 15.8 Å². The van der Waals surface area contributed by atoms with Crippen molar-refractivity contribution in [2.75, 3.05) is 44.3 Å². The SMILES string of the molecule is COc1c(-c2cnn(C3CN(Cc4cccc(C(=O)N5CCC(F)(F)C5)n4)C3)c2)cccc1-c1cnc(N)c2cnc(NC(=O)C3CC3)cc12. The van der Waals surface area contributed by atoms with Gasteiger partial charge in [-0.05, 0) is 31.0 Å². The van der Waals surface area contributed by atoms with E-state index in [1.807, 2.05) is 47.4 Å². The maximum Gasteiger partial charge on any atom is 0.272 e. The summed E-state index contributed by atoms with van der Waals surface area (Å²) in [5, 5.41) is 9.06. The zero-order chi connectivity index (χ0) is 34.6. The van der Waals surface area contributed by atoms with Gasteiger partial charge in [-0.2, -0.15) is 5.10 Å². The van der Waals surface area contributed by atoms with Crippen LogP contribution in [0.3, 0.4) is 0 Å². The molecule has 4 aromatic heterocycles. The third kappa shape index (κ3) is 6.10. The number of anilines is 2. The van der Waals surface area contributed by atoms with Gasteiger partial charge < -0.3 is 20.7 Å². The molecule has 0 spiro atoms. The number of amides is 2. The normalized spacial score (nSPS) is 17.5. The molecule has 1 aromatic carbocycles. The van der Waals surface area contributed by atoms with Crippen molar-refractivity contribution < 1.29 is 23.1 Å². The summed E-state index contributed by atoms with van der Waals surface area (Å²) in [5.74, 6) is -1.85. The van der Waals surface area contributed by atoms with Gasteiger partial charge in [0.2, 0.25) is 5.91 Å². The van der Waals surface area contributed by atoms with Crippen LogP contribution in [-0.2, 0) is 11.3 Å². The Labute approximate surface area is 286 Å². The van der Waals surface area contributed by atoms with Gasteiger partial charge >= 0.3 is 0 Å². The average molecular weight is 680 g/mol. The van der Waals surface area contributed by atoms with E-state index in [1.165, 1.54) is 4.90 Å². The number of aromatic nitrogens is 5. The zero-order valence-corrected chi connectivity index (χ0v) is 27.4. The number of methoxy groups -OCH3 is 1. The van der Waals surface area contributed by atoms with Gasteiger partial charge in [0.25, 0.3) is 11.8 Å². The molecule has 14 heteroatoms. The first-order chi connectivity index (χ1) is 24.2. The standard InChI is InChI=1S/C36H35F2N9O3/c1-50-32-25(5-3-6-26(32)28-14-41-33(39)29-15-40-31(12-27(28)29)44-34(48)21-8-9-21)22-13-42-47(16-22)24-18-45(19-24)17-23-4-2-7-30(43-23)35(49)46-11-10-36(37,38)20-46/h2-7,12-16,21,24H,8-11,17-20H2,1H3,(H2,39,41)(H,40,44,48). The van der Waals surface area contributed by atoms with Crippen molar-refractivity contribution in [2.45, 2.75) is 37.8 Å². The summed E-state index contributed by atoms with van der Waals surface area (Å²) in [6, 6.07) is 13.0. The molecule has 1 saturated carbocycles. The number of pyridine rings is 3. The minimum absolute atomic E-state index is 0.0290. The van der Waals surface area contributed by atoms with Crippen LogP contribution in [0.25, 0.3) is 33.0 Å². The third-order valence-electron chi connectivity index (χ3n) is 9.60. The molecular weight excluding hydrogens is 644 g/mol. The summed E-state index contributed by atoms with van der Waals surface area (Å²) in [4.78, 5) is 41.9. The maximum absolute atomic E-state index is 13.7. The first-order valence-corrected chi connectivity index (χ1v) is 16.6. The van der Waals surface area contributed by atoms with Gasteiger partial charge in [0.15, 0.2) is 0 Å². The lowest BCUT2D eigenvalue weighted by molar-refractivity contribution is -0.117. The summed E-state index contributed by atoms with van der Waals surface area (Å²) in [5.41, 5.74) is 10.5. The van der Waals surface area contributed by atoms with Crippen molar-refractivity contribution in [3.8, 4) is 28.0 Å². The fourth-order valence-electron chi connectivity index (χ4n) is 6.71. The van der Waals surface area contributed by atoms with Crippen LogP contribution in [0, 0.1) is 5.92 Å². The van der Waals surface area contributed by atoms with Crippen LogP contribution in [0.15, 0.2) is 67.3 Å². The predicted octanol–water partition coefficient (Wildman–Crippen LogP) is 5.03. The number of benzene rings is 1. The second-order valence-electron chi connectivity index (χ2n) is 13.2. The topological polar surface area (TPSA) is 144 Å². The molecule has 2 amide bonds. The molecule has 3 aliphatic rings. The van der Waals surface area contributed by atoms with Crippen LogP contribution in [0.1, 0.15) is 41.5 Å². The van der Waals surface area contributed by atoms with Gasteiger partial charge in [-0.15, -0.1) is 0 Å². The summed E-state index contributed by atoms with van der Waals surface area (Å²) >= 11 is 0. The van der Waals surface area contributed by atoms with E-state index in [1.54, 1.807) is 31.6 Å². The number of para-hydroxylation sites is 1. The van der Waals surface area contributed by atoms with E-state index in [4.69, 9.17) is 10.5 Å². The number of nitrogens with zero attached hydrogens (tertiary/aromatic N) is 7. The van der Waals surface area contributed by atoms with Gasteiger partial charge in [-0.25, -0.2) is 23.7 Å². The van der Waals surface area contributed by atoms with Crippen molar-refractivity contribution in [1.82, 2.24) is 34.5 Å². The van der Waals surface area contributed by atoms with E-state index in [0.717, 1.165) is 53.6 Å². The molecule has 3 N–H and O–H groups in total. The summed E-state index contributed by atoms with van der Waals surface area (Å²) in [6.45, 7) is 1.45. The maximum atomic E-state index is 13.7. The first-order valence-electron chi connectivity index (χ1n) is 16.6. The molecule has 5 aromatic rings. The predicted molar refractivity (Wildman–Crippen MR) is 183 cm³/mol. The quantitative estimate of drug-likeness (QED) is 0.219. The second kappa shape index (κ2) is 12.4. The lowest BCUT2D eigenvalue weighted by Crippen LogP contribution is -2.47. The number of rotatable bonds is 9. The minimum Gasteiger partial charge on any atom is -0.495 e. The highest BCUT2D eigenvalue weighted by Crippen LogP contribution is 2.42. The molecule has 50 heavy (non-hydrogen) atoms. The van der Waals surface area contributed by atoms with Gasteiger partial charge in [-0.1, -0.05) is 24.3 Å². The summed E-state index contributed by atoms with van der Waals surface area (Å²) in [6.07, 6.45) is 8.63. The van der Waals surface area contributed by atoms with Crippen molar-refractivity contribution in [3.05, 3.63) is 78.6 Å². The molecule has 2 saturated heterocycles. The second-order valence-corrected chi connectivity index (χ2v) is 13.2. The molecule has 12 nitrogen and oxygen atoms in total. The van der Waals surface area contributed by atoms with Crippen molar-refractivity contribution in [1.29, 1.82) is 0 Å². The number of hydrogen-bond acceptors (Lipinski definition) is 9. The highest BCUT2D eigenvalue weighted by molar-refractivity contribution is 6.05. The van der Waals surface area contributed by atoms with Crippen LogP contribution in [0.2, 0.25) is 0 Å². The highest BCUT2D eigenvalue weighted by Gasteiger charge is 2.41. The number of ether oxygens (including phenoxy) is 1. The van der Waals surface area contributed by atoms with Crippen molar-refractivity contribution in [3.63, 3.8) is 0 Å². The molecule has 0 bridgehead atoms. The van der Waals surface area contributed by atoms with Crippen LogP contribution in [0.5, 0.6) is 5.75 Å². The highest BCUT2D eigenvalue weighted by atomic mass is 19.3. The number of fused-ring (bicyclic) bond motifs is 1. The lowest BCUT2D eigenvalue weighted by atomic mass is 9.96. The number of hydrogen-bond donors (Lipinski definition) is 2. The number of carbonyl (C=O) groups excluding carboxylic acids is 2. The Bertz CT molecular complexity index is 2130. The molecular formula is C36H35F2N9O3. The molecule has 0 atom stereocenters. The van der Waals surface area contributed by atoms with Gasteiger partial charge in [0, 0.05) is 90.1 Å². The van der Waals surface area contributed by atoms with Crippen LogP contribution >= 0.6 is 0 Å². The Morgan fingerprint density at radius 3 is 2.58 bits per heavy atom. The number of nitrogen functional groups attached to an aromatic ring is 1. The van der Waals surface area contributed by atoms with E-state index in [9.17, 15) is 18.4 Å². The van der Waals surface area contributed by atoms with E-state index < -0.39 is 18.4 Å². The molecule has 256 valence electrons. The van der Waals surface area contributed by atoms with Gasteiger partial charge in [-0.3, -0.25) is 19.2 Å². The van der Waals surface area contributed by atoms with Crippen LogP contribution in [-0.4, -0.2) is 85.6 Å². The number of carbonyl (C=O) groups is 2. The smallest absolute Gasteiger partial charge is 0.272 e. The van der Waals surface area contributed by atoms with E-state index in [2.05, 4.69) is 30.3 Å². The largest absolute Gasteiger partial charge is 0.495 e. The Kier molecular flexibility index (Phi) is 7.89. The first kappa shape index (κ1) is 31.7. The lowest BCUT2D eigenvalue weighted by Gasteiger charge is -2.39. The molecule has 8 rings (SSSR count). The van der Waals surface area contributed by atoms with Crippen molar-refractivity contribution >= 4 is 34.2 Å². The Morgan fingerprint density at radius 1 is 1.02 bits per heavy atom. The molecule has 1 aliphatic carbocycles. The number of nitrogens with one attached hydrogen (secondary N) is 1. The zero-order valence-electron chi connectivity index (χ0n) is 27.4. The van der Waals surface area contributed by atoms with Gasteiger partial charge in [0.05, 0.1) is 31.6 Å². The summed E-state index contributed by atoms with van der Waals surface area (Å²) < 4.78 is 35.2. The van der Waals surface area contributed by atoms with Gasteiger partial charge in [0.1, 0.15) is 23.1 Å². The van der Waals surface area contributed by atoms with E-state index in [0.29, 0.717) is 35.0 Å². The molecule has 0 unspecified atom stereocenters. The van der Waals surface area contributed by atoms with Crippen LogP contribution in [0.4, 0.5) is 20.4 Å². The fraction of sp³-hybridized carbons (Fsp3) is 0.333. The average Bonchev–Trinajstić information content (AvgIpc) is 3.74. The Balaban J connectivity index is 0.982. The minimum atomic E-state index is -2.85. The molecule has 6 heterocycles. The third-order valence-corrected chi connectivity index (χ3v) is 9.60. The fourth-order valence-corrected chi connectivity index (χ4v) is 6.71. The van der Waals surface area contributed by atoms with E-state index >= 15 is 0 Å². The number of nitrogens with two attached hydrogens (primary N) is 1. The monoisotopic (exact) mass is 679 g/mol. The van der Waals surface area contributed by atoms with Crippen molar-refractivity contribution in [2.24, 2.45) is 5.92 Å². The molecule has 2 aliphatic heterocycles. The Hall–Kier alpha value is -5.50. The van der Waals surface area contributed by atoms with E-state index in [-0.39, 0.29) is 36.5 Å². The molecule has 0 radical (unpaired) electrons.